The first kappa shape index (κ1) is 24.0. The lowest BCUT2D eigenvalue weighted by molar-refractivity contribution is -0.385. The normalized spacial score (nSPS) is 17.4. The quantitative estimate of drug-likeness (QED) is 0.415. The highest BCUT2D eigenvalue weighted by Gasteiger charge is 2.34. The van der Waals surface area contributed by atoms with Gasteiger partial charge in [0.25, 0.3) is 11.6 Å². The molecule has 2 aromatic carbocycles. The first-order chi connectivity index (χ1) is 16.2. The van der Waals surface area contributed by atoms with Crippen molar-refractivity contribution in [2.45, 2.75) is 17.7 Å². The van der Waals surface area contributed by atoms with Crippen molar-refractivity contribution in [3.05, 3.63) is 63.1 Å². The van der Waals surface area contributed by atoms with Crippen molar-refractivity contribution in [1.29, 1.82) is 0 Å². The first-order valence-electron chi connectivity index (χ1n) is 10.4. The Morgan fingerprint density at radius 1 is 1.03 bits per heavy atom. The summed E-state index contributed by atoms with van der Waals surface area (Å²) in [4.78, 5) is 37.1. The van der Waals surface area contributed by atoms with Gasteiger partial charge in [-0.05, 0) is 30.3 Å². The van der Waals surface area contributed by atoms with Crippen molar-refractivity contribution in [3.8, 4) is 0 Å². The van der Waals surface area contributed by atoms with Gasteiger partial charge in [0.15, 0.2) is 0 Å². The molecule has 2 amide bonds. The molecule has 0 aromatic heterocycles. The van der Waals surface area contributed by atoms with Crippen LogP contribution < -0.4 is 5.01 Å². The van der Waals surface area contributed by atoms with E-state index < -0.39 is 14.9 Å². The Balaban J connectivity index is 1.45. The smallest absolute Gasteiger partial charge is 0.270 e. The van der Waals surface area contributed by atoms with Crippen molar-refractivity contribution in [2.24, 2.45) is 5.10 Å². The van der Waals surface area contributed by atoms with Crippen LogP contribution in [0.15, 0.2) is 63.0 Å². The van der Waals surface area contributed by atoms with E-state index >= 15 is 0 Å². The lowest BCUT2D eigenvalue weighted by Gasteiger charge is -2.34. The maximum Gasteiger partial charge on any atom is 0.270 e. The summed E-state index contributed by atoms with van der Waals surface area (Å²) < 4.78 is 27.9. The molecule has 0 unspecified atom stereocenters. The lowest BCUT2D eigenvalue weighted by Crippen LogP contribution is -2.52. The predicted molar refractivity (Wildman–Crippen MR) is 127 cm³/mol. The van der Waals surface area contributed by atoms with E-state index in [-0.39, 0.29) is 67.1 Å². The van der Waals surface area contributed by atoms with E-state index in [1.165, 1.54) is 32.4 Å². The van der Waals surface area contributed by atoms with E-state index in [1.807, 2.05) is 0 Å². The Morgan fingerprint density at radius 2 is 1.71 bits per heavy atom. The summed E-state index contributed by atoms with van der Waals surface area (Å²) in [7, 11) is -3.94. The molecule has 1 fully saturated rings. The number of hydrogen-bond acceptors (Lipinski definition) is 7. The zero-order valence-corrected chi connectivity index (χ0v) is 20.2. The standard InChI is InChI=1S/C21H20BrN5O6S/c22-15-4-6-16(7-5-15)26-20(28)9-8-19(23-26)21(29)24-10-12-25(13-11-24)34(32,33)18-3-1-2-17(14-18)27(30)31/h1-7,14H,8-13H2. The molecule has 2 aliphatic heterocycles. The summed E-state index contributed by atoms with van der Waals surface area (Å²) in [6, 6.07) is 11.9. The second-order valence-corrected chi connectivity index (χ2v) is 10.5. The Bertz CT molecular complexity index is 1270. The molecule has 2 heterocycles. The SMILES string of the molecule is O=C(C1=NN(c2ccc(Br)cc2)C(=O)CC1)N1CCN(S(=O)(=O)c2cccc([N+](=O)[O-])c2)CC1. The molecule has 0 aliphatic carbocycles. The minimum atomic E-state index is -3.94. The molecule has 13 heteroatoms. The van der Waals surface area contributed by atoms with Crippen molar-refractivity contribution in [2.75, 3.05) is 31.2 Å². The van der Waals surface area contributed by atoms with E-state index in [2.05, 4.69) is 21.0 Å². The molecule has 0 atom stereocenters. The number of nitro benzene ring substituents is 1. The van der Waals surface area contributed by atoms with Crippen LogP contribution >= 0.6 is 15.9 Å². The number of non-ortho nitro benzene ring substituents is 1. The third-order valence-corrected chi connectivity index (χ3v) is 7.97. The number of carbonyl (C=O) groups is 2. The third-order valence-electron chi connectivity index (χ3n) is 5.54. The van der Waals surface area contributed by atoms with Crippen LogP contribution in [0.2, 0.25) is 0 Å². The molecular formula is C21H20BrN5O6S. The monoisotopic (exact) mass is 549 g/mol. The first-order valence-corrected chi connectivity index (χ1v) is 12.6. The largest absolute Gasteiger partial charge is 0.335 e. The van der Waals surface area contributed by atoms with Gasteiger partial charge in [-0.2, -0.15) is 9.41 Å². The highest BCUT2D eigenvalue weighted by molar-refractivity contribution is 9.10. The average Bonchev–Trinajstić information content (AvgIpc) is 2.84. The fraction of sp³-hybridized carbons (Fsp3) is 0.286. The van der Waals surface area contributed by atoms with Gasteiger partial charge in [0, 0.05) is 55.6 Å². The van der Waals surface area contributed by atoms with Crippen molar-refractivity contribution < 1.29 is 22.9 Å². The molecule has 0 radical (unpaired) electrons. The summed E-state index contributed by atoms with van der Waals surface area (Å²) >= 11 is 3.34. The van der Waals surface area contributed by atoms with Crippen LogP contribution in [0.4, 0.5) is 11.4 Å². The van der Waals surface area contributed by atoms with E-state index in [0.717, 1.165) is 10.5 Å². The lowest BCUT2D eigenvalue weighted by atomic mass is 10.1. The number of nitro groups is 1. The summed E-state index contributed by atoms with van der Waals surface area (Å²) in [6.07, 6.45) is 0.346. The number of benzene rings is 2. The minimum absolute atomic E-state index is 0.0411. The van der Waals surface area contributed by atoms with Crippen molar-refractivity contribution >= 4 is 54.9 Å². The molecule has 11 nitrogen and oxygen atoms in total. The van der Waals surface area contributed by atoms with E-state index in [4.69, 9.17) is 0 Å². The number of rotatable bonds is 5. The highest BCUT2D eigenvalue weighted by Crippen LogP contribution is 2.24. The number of hydrazone groups is 1. The summed E-state index contributed by atoms with van der Waals surface area (Å²) in [6.45, 7) is 0.356. The van der Waals surface area contributed by atoms with Gasteiger partial charge >= 0.3 is 0 Å². The number of anilines is 1. The Kier molecular flexibility index (Phi) is 6.77. The topological polar surface area (TPSA) is 134 Å². The predicted octanol–water partition coefficient (Wildman–Crippen LogP) is 2.37. The van der Waals surface area contributed by atoms with Crippen molar-refractivity contribution in [3.63, 3.8) is 0 Å². The van der Waals surface area contributed by atoms with Crippen LogP contribution in [-0.4, -0.2) is 66.3 Å². The van der Waals surface area contributed by atoms with Gasteiger partial charge in [-0.3, -0.25) is 19.7 Å². The van der Waals surface area contributed by atoms with Crippen LogP contribution in [0.25, 0.3) is 0 Å². The van der Waals surface area contributed by atoms with E-state index in [9.17, 15) is 28.1 Å². The number of hydrogen-bond donors (Lipinski definition) is 0. The molecule has 0 bridgehead atoms. The number of carbonyl (C=O) groups excluding carboxylic acids is 2. The molecular weight excluding hydrogens is 530 g/mol. The Hall–Kier alpha value is -3.16. The summed E-state index contributed by atoms with van der Waals surface area (Å²) in [5, 5.41) is 16.5. The molecule has 1 saturated heterocycles. The summed E-state index contributed by atoms with van der Waals surface area (Å²) in [5.41, 5.74) is 0.471. The van der Waals surface area contributed by atoms with Gasteiger partial charge in [-0.25, -0.2) is 13.4 Å². The maximum absolute atomic E-state index is 13.0. The summed E-state index contributed by atoms with van der Waals surface area (Å²) in [5.74, 6) is -0.561. The second-order valence-electron chi connectivity index (χ2n) is 7.68. The van der Waals surface area contributed by atoms with Gasteiger partial charge in [-0.1, -0.05) is 22.0 Å². The maximum atomic E-state index is 13.0. The Labute approximate surface area is 204 Å². The van der Waals surface area contributed by atoms with Gasteiger partial charge in [0.1, 0.15) is 5.71 Å². The van der Waals surface area contributed by atoms with Crippen LogP contribution in [0.3, 0.4) is 0 Å². The number of piperazine rings is 1. The molecule has 2 aromatic rings. The zero-order valence-electron chi connectivity index (χ0n) is 17.8. The highest BCUT2D eigenvalue weighted by atomic mass is 79.9. The molecule has 4 rings (SSSR count). The molecule has 2 aliphatic rings. The van der Waals surface area contributed by atoms with Crippen LogP contribution in [0.5, 0.6) is 0 Å². The minimum Gasteiger partial charge on any atom is -0.335 e. The van der Waals surface area contributed by atoms with Gasteiger partial charge < -0.3 is 4.90 Å². The number of amides is 2. The fourth-order valence-corrected chi connectivity index (χ4v) is 5.44. The molecule has 0 saturated carbocycles. The molecule has 34 heavy (non-hydrogen) atoms. The van der Waals surface area contributed by atoms with Crippen molar-refractivity contribution in [1.82, 2.24) is 9.21 Å². The number of sulfonamides is 1. The van der Waals surface area contributed by atoms with Crippen LogP contribution in [-0.2, 0) is 19.6 Å². The van der Waals surface area contributed by atoms with Gasteiger partial charge in [0.05, 0.1) is 15.5 Å². The fourth-order valence-electron chi connectivity index (χ4n) is 3.71. The molecule has 178 valence electrons. The number of nitrogens with zero attached hydrogens (tertiary/aromatic N) is 5. The third kappa shape index (κ3) is 4.86. The molecule has 0 N–H and O–H groups in total. The molecule has 0 spiro atoms. The van der Waals surface area contributed by atoms with Crippen LogP contribution in [0.1, 0.15) is 12.8 Å². The number of halogens is 1. The Morgan fingerprint density at radius 3 is 2.35 bits per heavy atom. The van der Waals surface area contributed by atoms with Gasteiger partial charge in [-0.15, -0.1) is 0 Å². The van der Waals surface area contributed by atoms with E-state index in [1.54, 1.807) is 24.3 Å². The second kappa shape index (κ2) is 9.60. The van der Waals surface area contributed by atoms with E-state index in [0.29, 0.717) is 5.69 Å². The average molecular weight is 550 g/mol. The van der Waals surface area contributed by atoms with Gasteiger partial charge in [0.2, 0.25) is 15.9 Å². The van der Waals surface area contributed by atoms with Crippen LogP contribution in [0, 0.1) is 10.1 Å². The zero-order chi connectivity index (χ0) is 24.5.